The molecule has 1 aromatic rings. The van der Waals surface area contributed by atoms with Crippen LogP contribution in [0.2, 0.25) is 0 Å². The first-order valence-corrected chi connectivity index (χ1v) is 5.53. The lowest BCUT2D eigenvalue weighted by molar-refractivity contribution is -0.113. The molecule has 0 aliphatic carbocycles. The Morgan fingerprint density at radius 2 is 1.75 bits per heavy atom. The summed E-state index contributed by atoms with van der Waals surface area (Å²) in [6.07, 6.45) is 0.900. The van der Waals surface area contributed by atoms with Gasteiger partial charge in [-0.25, -0.2) is 0 Å². The number of hydrogen-bond donors (Lipinski definition) is 1. The Hall–Kier alpha value is -0.700. The highest BCUT2D eigenvalue weighted by Crippen LogP contribution is 2.28. The lowest BCUT2D eigenvalue weighted by atomic mass is 10.1. The van der Waals surface area contributed by atoms with Crippen molar-refractivity contribution in [2.24, 2.45) is 0 Å². The highest BCUT2D eigenvalue weighted by atomic mass is 35.6. The van der Waals surface area contributed by atoms with Crippen molar-refractivity contribution in [2.45, 2.75) is 10.7 Å². The predicted octanol–water partition coefficient (Wildman–Crippen LogP) is 3.83. The van der Waals surface area contributed by atoms with E-state index in [1.807, 2.05) is 6.92 Å². The average Bonchev–Trinajstić information content (AvgIpc) is 2.17. The Morgan fingerprint density at radius 1 is 1.25 bits per heavy atom. The molecule has 0 aliphatic rings. The minimum atomic E-state index is -2.04. The van der Waals surface area contributed by atoms with Crippen LogP contribution in [0.5, 0.6) is 0 Å². The predicted molar refractivity (Wildman–Crippen MR) is 67.1 cm³/mol. The average molecular weight is 280 g/mol. The number of hydrogen-bond acceptors (Lipinski definition) is 2. The highest BCUT2D eigenvalue weighted by Gasteiger charge is 2.29. The molecule has 16 heavy (non-hydrogen) atoms. The van der Waals surface area contributed by atoms with Crippen LogP contribution in [-0.4, -0.2) is 14.7 Å². The second-order valence-corrected chi connectivity index (χ2v) is 5.54. The van der Waals surface area contributed by atoms with Crippen LogP contribution in [0.15, 0.2) is 30.3 Å². The van der Waals surface area contributed by atoms with E-state index < -0.39 is 9.58 Å². The van der Waals surface area contributed by atoms with E-state index in [1.165, 1.54) is 0 Å². The molecule has 0 saturated carbocycles. The number of alkyl halides is 3. The van der Waals surface area contributed by atoms with Gasteiger partial charge in [-0.3, -0.25) is 4.79 Å². The van der Waals surface area contributed by atoms with Gasteiger partial charge in [-0.2, -0.15) is 0 Å². The quantitative estimate of drug-likeness (QED) is 0.507. The molecule has 0 atom stereocenters. The third-order valence-corrected chi connectivity index (χ3v) is 2.45. The molecule has 86 valence electrons. The van der Waals surface area contributed by atoms with E-state index in [2.05, 4.69) is 0 Å². The van der Waals surface area contributed by atoms with Crippen molar-refractivity contribution in [3.8, 4) is 0 Å². The Kier molecular flexibility index (Phi) is 4.25. The number of rotatable bonds is 2. The molecule has 0 unspecified atom stereocenters. The fourth-order valence-corrected chi connectivity index (χ4v) is 1.18. The van der Waals surface area contributed by atoms with Gasteiger partial charge in [0.25, 0.3) is 3.79 Å². The number of aliphatic hydroxyl groups is 1. The van der Waals surface area contributed by atoms with Gasteiger partial charge in [0.15, 0.2) is 0 Å². The third kappa shape index (κ3) is 3.71. The maximum absolute atomic E-state index is 11.3. The van der Waals surface area contributed by atoms with E-state index in [-0.39, 0.29) is 5.76 Å². The zero-order chi connectivity index (χ0) is 12.3. The lowest BCUT2D eigenvalue weighted by Crippen LogP contribution is -2.16. The summed E-state index contributed by atoms with van der Waals surface area (Å²) in [4.78, 5) is 11.3. The smallest absolute Gasteiger partial charge is 0.252 e. The van der Waals surface area contributed by atoms with Crippen molar-refractivity contribution in [2.75, 3.05) is 0 Å². The van der Waals surface area contributed by atoms with Gasteiger partial charge in [0.2, 0.25) is 5.78 Å². The van der Waals surface area contributed by atoms with Gasteiger partial charge in [-0.15, -0.1) is 0 Å². The van der Waals surface area contributed by atoms with Crippen LogP contribution in [0.1, 0.15) is 11.1 Å². The zero-order valence-corrected chi connectivity index (χ0v) is 10.6. The Balaban J connectivity index is 2.94. The number of aliphatic hydroxyl groups excluding tert-OH is 1. The van der Waals surface area contributed by atoms with Crippen LogP contribution >= 0.6 is 34.8 Å². The molecule has 0 aromatic heterocycles. The Labute approximate surface area is 108 Å². The van der Waals surface area contributed by atoms with Crippen LogP contribution in [-0.2, 0) is 4.79 Å². The molecule has 0 heterocycles. The van der Waals surface area contributed by atoms with Crippen molar-refractivity contribution in [1.82, 2.24) is 0 Å². The topological polar surface area (TPSA) is 37.3 Å². The molecule has 0 aliphatic heterocycles. The van der Waals surface area contributed by atoms with E-state index >= 15 is 0 Å². The van der Waals surface area contributed by atoms with Crippen molar-refractivity contribution in [3.63, 3.8) is 0 Å². The molecule has 0 bridgehead atoms. The maximum atomic E-state index is 11.3. The number of halogens is 3. The molecular weight excluding hydrogens is 270 g/mol. The van der Waals surface area contributed by atoms with Crippen molar-refractivity contribution >= 4 is 46.3 Å². The normalized spacial score (nSPS) is 12.6. The lowest BCUT2D eigenvalue weighted by Gasteiger charge is -2.06. The number of benzene rings is 1. The molecule has 0 amide bonds. The van der Waals surface area contributed by atoms with E-state index in [9.17, 15) is 9.90 Å². The second-order valence-electron chi connectivity index (χ2n) is 3.26. The number of carbonyl (C=O) groups is 1. The van der Waals surface area contributed by atoms with E-state index in [1.54, 1.807) is 24.3 Å². The molecule has 0 fully saturated rings. The molecule has 1 aromatic carbocycles. The molecule has 1 N–H and O–H groups in total. The number of allylic oxidation sites excluding steroid dienone is 1. The van der Waals surface area contributed by atoms with Crippen LogP contribution < -0.4 is 0 Å². The molecule has 2 nitrogen and oxygen atoms in total. The Morgan fingerprint density at radius 3 is 2.19 bits per heavy atom. The van der Waals surface area contributed by atoms with E-state index in [0.29, 0.717) is 5.56 Å². The largest absolute Gasteiger partial charge is 0.507 e. The first-order chi connectivity index (χ1) is 7.30. The zero-order valence-electron chi connectivity index (χ0n) is 8.38. The summed E-state index contributed by atoms with van der Waals surface area (Å²) >= 11 is 16.1. The molecular formula is C11H9Cl3O2. The molecule has 0 saturated heterocycles. The monoisotopic (exact) mass is 278 g/mol. The Bertz CT molecular complexity index is 416. The van der Waals surface area contributed by atoms with Gasteiger partial charge in [0.05, 0.1) is 0 Å². The summed E-state index contributed by atoms with van der Waals surface area (Å²) in [5, 5.41) is 9.61. The molecule has 5 heteroatoms. The SMILES string of the molecule is Cc1ccc(/C(O)=C/C(=O)C(Cl)(Cl)Cl)cc1. The van der Waals surface area contributed by atoms with Crippen LogP contribution in [0.3, 0.4) is 0 Å². The molecule has 1 rings (SSSR count). The molecule has 0 radical (unpaired) electrons. The van der Waals surface area contributed by atoms with Crippen molar-refractivity contribution in [1.29, 1.82) is 0 Å². The first-order valence-electron chi connectivity index (χ1n) is 4.39. The van der Waals surface area contributed by atoms with Gasteiger partial charge < -0.3 is 5.11 Å². The van der Waals surface area contributed by atoms with Gasteiger partial charge in [-0.05, 0) is 6.92 Å². The van der Waals surface area contributed by atoms with Gasteiger partial charge in [-0.1, -0.05) is 64.6 Å². The van der Waals surface area contributed by atoms with Crippen molar-refractivity contribution in [3.05, 3.63) is 41.5 Å². The number of ketones is 1. The third-order valence-electron chi connectivity index (χ3n) is 1.89. The summed E-state index contributed by atoms with van der Waals surface area (Å²) in [6.45, 7) is 1.91. The van der Waals surface area contributed by atoms with Crippen LogP contribution in [0, 0.1) is 6.92 Å². The van der Waals surface area contributed by atoms with Crippen LogP contribution in [0.4, 0.5) is 0 Å². The van der Waals surface area contributed by atoms with E-state index in [4.69, 9.17) is 34.8 Å². The maximum Gasteiger partial charge on any atom is 0.252 e. The summed E-state index contributed by atoms with van der Waals surface area (Å²) in [6, 6.07) is 6.96. The van der Waals surface area contributed by atoms with Crippen molar-refractivity contribution < 1.29 is 9.90 Å². The van der Waals surface area contributed by atoms with Gasteiger partial charge in [0.1, 0.15) is 5.76 Å². The second kappa shape index (κ2) is 5.09. The van der Waals surface area contributed by atoms with Crippen LogP contribution in [0.25, 0.3) is 5.76 Å². The fraction of sp³-hybridized carbons (Fsp3) is 0.182. The fourth-order valence-electron chi connectivity index (χ4n) is 1.01. The van der Waals surface area contributed by atoms with E-state index in [0.717, 1.165) is 11.6 Å². The summed E-state index contributed by atoms with van der Waals surface area (Å²) < 4.78 is -2.04. The standard InChI is InChI=1S/C11H9Cl3O2/c1-7-2-4-8(5-3-7)9(15)6-10(16)11(12,13)14/h2-6,15H,1H3/b9-6-. The summed E-state index contributed by atoms with van der Waals surface area (Å²) in [5.74, 6) is -1.01. The summed E-state index contributed by atoms with van der Waals surface area (Å²) in [5.41, 5.74) is 1.54. The minimum Gasteiger partial charge on any atom is -0.507 e. The number of aryl methyl sites for hydroxylation is 1. The highest BCUT2D eigenvalue weighted by molar-refractivity contribution is 6.77. The minimum absolute atomic E-state index is 0.226. The molecule has 0 spiro atoms. The first kappa shape index (κ1) is 13.4. The van der Waals surface area contributed by atoms with Gasteiger partial charge in [0, 0.05) is 11.6 Å². The summed E-state index contributed by atoms with van der Waals surface area (Å²) in [7, 11) is 0. The van der Waals surface area contributed by atoms with Gasteiger partial charge >= 0.3 is 0 Å². The number of carbonyl (C=O) groups excluding carboxylic acids is 1.